The lowest BCUT2D eigenvalue weighted by atomic mass is 10.3. The maximum atomic E-state index is 12.0. The summed E-state index contributed by atoms with van der Waals surface area (Å²) in [6.07, 6.45) is 1.71. The molecule has 0 amide bonds. The van der Waals surface area contributed by atoms with Crippen molar-refractivity contribution in [2.75, 3.05) is 5.73 Å². The largest absolute Gasteiger partial charge is 0.381 e. The van der Waals surface area contributed by atoms with Gasteiger partial charge in [-0.05, 0) is 54.0 Å². The van der Waals surface area contributed by atoms with Crippen LogP contribution in [0.15, 0.2) is 39.8 Å². The fourth-order valence-corrected chi connectivity index (χ4v) is 3.18. The van der Waals surface area contributed by atoms with Gasteiger partial charge in [-0.25, -0.2) is 17.8 Å². The first-order chi connectivity index (χ1) is 9.29. The third-order valence-corrected chi connectivity index (χ3v) is 4.78. The van der Waals surface area contributed by atoms with Crippen LogP contribution in [-0.2, 0) is 10.0 Å². The normalized spacial score (nSPS) is 12.0. The van der Waals surface area contributed by atoms with Crippen molar-refractivity contribution in [3.8, 4) is 5.69 Å². The molecule has 3 N–H and O–H groups in total. The number of sulfonamides is 1. The molecule has 0 radical (unpaired) electrons. The molecule has 0 saturated heterocycles. The molecule has 0 atom stereocenters. The summed E-state index contributed by atoms with van der Waals surface area (Å²) >= 11 is 3.27. The summed E-state index contributed by atoms with van der Waals surface area (Å²) in [4.78, 5) is 0.217. The number of aromatic nitrogens is 2. The predicted octanol–water partition coefficient (Wildman–Crippen LogP) is 1.90. The first kappa shape index (κ1) is 15.0. The quantitative estimate of drug-likeness (QED) is 0.873. The first-order valence-electron chi connectivity index (χ1n) is 5.93. The molecule has 0 bridgehead atoms. The molecule has 0 aliphatic carbocycles. The Morgan fingerprint density at radius 1 is 1.30 bits per heavy atom. The van der Waals surface area contributed by atoms with Gasteiger partial charge in [0, 0.05) is 12.2 Å². The lowest BCUT2D eigenvalue weighted by Gasteiger charge is -2.10. The summed E-state index contributed by atoms with van der Waals surface area (Å²) in [5.41, 5.74) is 6.37. The lowest BCUT2D eigenvalue weighted by molar-refractivity contribution is 0.570. The van der Waals surface area contributed by atoms with E-state index in [4.69, 9.17) is 5.73 Å². The molecule has 0 aliphatic heterocycles. The van der Waals surface area contributed by atoms with E-state index in [2.05, 4.69) is 25.8 Å². The minimum absolute atomic E-state index is 0.151. The van der Waals surface area contributed by atoms with Crippen LogP contribution in [0.5, 0.6) is 0 Å². The van der Waals surface area contributed by atoms with E-state index in [-0.39, 0.29) is 10.9 Å². The van der Waals surface area contributed by atoms with Crippen molar-refractivity contribution < 1.29 is 8.42 Å². The zero-order valence-corrected chi connectivity index (χ0v) is 13.4. The zero-order valence-electron chi connectivity index (χ0n) is 11.0. The van der Waals surface area contributed by atoms with Crippen molar-refractivity contribution in [3.05, 3.63) is 34.9 Å². The van der Waals surface area contributed by atoms with Gasteiger partial charge >= 0.3 is 0 Å². The Balaban J connectivity index is 2.31. The smallest absolute Gasteiger partial charge is 0.240 e. The molecule has 0 unspecified atom stereocenters. The molecule has 0 aliphatic rings. The third kappa shape index (κ3) is 3.20. The van der Waals surface area contributed by atoms with Gasteiger partial charge in [0.15, 0.2) is 5.82 Å². The van der Waals surface area contributed by atoms with Gasteiger partial charge in [0.1, 0.15) is 0 Å². The molecule has 8 heteroatoms. The summed E-state index contributed by atoms with van der Waals surface area (Å²) in [5.74, 6) is 0.378. The molecule has 0 spiro atoms. The number of hydrogen-bond acceptors (Lipinski definition) is 4. The van der Waals surface area contributed by atoms with E-state index in [0.717, 1.165) is 5.69 Å². The average molecular weight is 359 g/mol. The number of halogens is 1. The van der Waals surface area contributed by atoms with Crippen molar-refractivity contribution in [3.63, 3.8) is 0 Å². The predicted molar refractivity (Wildman–Crippen MR) is 81.1 cm³/mol. The van der Waals surface area contributed by atoms with E-state index < -0.39 is 10.0 Å². The Hall–Kier alpha value is -1.38. The van der Waals surface area contributed by atoms with Crippen LogP contribution in [0.1, 0.15) is 13.8 Å². The Bertz CT molecular complexity index is 688. The Kier molecular flexibility index (Phi) is 4.17. The fourth-order valence-electron chi connectivity index (χ4n) is 1.65. The van der Waals surface area contributed by atoms with Crippen LogP contribution >= 0.6 is 15.9 Å². The van der Waals surface area contributed by atoms with Crippen LogP contribution < -0.4 is 10.5 Å². The van der Waals surface area contributed by atoms with Crippen LogP contribution in [0.4, 0.5) is 5.82 Å². The molecule has 0 saturated carbocycles. The van der Waals surface area contributed by atoms with E-state index in [9.17, 15) is 8.42 Å². The molecule has 6 nitrogen and oxygen atoms in total. The van der Waals surface area contributed by atoms with Gasteiger partial charge in [0.05, 0.1) is 15.1 Å². The Labute approximate surface area is 126 Å². The van der Waals surface area contributed by atoms with Gasteiger partial charge in [-0.15, -0.1) is 5.10 Å². The molecule has 1 heterocycles. The van der Waals surface area contributed by atoms with Gasteiger partial charge in [0.2, 0.25) is 10.0 Å². The van der Waals surface area contributed by atoms with E-state index in [1.807, 2.05) is 0 Å². The van der Waals surface area contributed by atoms with Gasteiger partial charge in [0.25, 0.3) is 0 Å². The zero-order chi connectivity index (χ0) is 14.9. The number of rotatable bonds is 4. The van der Waals surface area contributed by atoms with Crippen molar-refractivity contribution in [1.82, 2.24) is 14.5 Å². The van der Waals surface area contributed by atoms with E-state index in [1.54, 1.807) is 36.9 Å². The second-order valence-corrected chi connectivity index (χ2v) is 7.15. The highest BCUT2D eigenvalue weighted by Crippen LogP contribution is 2.20. The van der Waals surface area contributed by atoms with Crippen molar-refractivity contribution in [1.29, 1.82) is 0 Å². The number of benzene rings is 1. The number of nitrogen functional groups attached to an aromatic ring is 1. The summed E-state index contributed by atoms with van der Waals surface area (Å²) in [5, 5.41) is 4.10. The van der Waals surface area contributed by atoms with Crippen LogP contribution in [0.3, 0.4) is 0 Å². The third-order valence-electron chi connectivity index (χ3n) is 2.50. The maximum Gasteiger partial charge on any atom is 0.240 e. The number of anilines is 1. The molecule has 2 rings (SSSR count). The number of hydrogen-bond donors (Lipinski definition) is 2. The standard InChI is InChI=1S/C12H15BrN4O2S/c1-8(2)16-20(18,19)10-5-3-9(4-6-10)17-7-11(13)12(14)15-17/h3-8,16H,1-2H3,(H2,14,15). The molecule has 2 aromatic rings. The summed E-state index contributed by atoms with van der Waals surface area (Å²) < 4.78 is 28.8. The van der Waals surface area contributed by atoms with Gasteiger partial charge < -0.3 is 5.73 Å². The summed E-state index contributed by atoms with van der Waals surface area (Å²) in [6.45, 7) is 3.55. The van der Waals surface area contributed by atoms with E-state index >= 15 is 0 Å². The molecule has 0 fully saturated rings. The van der Waals surface area contributed by atoms with E-state index in [1.165, 1.54) is 12.1 Å². The van der Waals surface area contributed by atoms with Crippen LogP contribution in [0.2, 0.25) is 0 Å². The van der Waals surface area contributed by atoms with Crippen LogP contribution in [-0.4, -0.2) is 24.2 Å². The van der Waals surface area contributed by atoms with Gasteiger partial charge in [-0.1, -0.05) is 0 Å². The van der Waals surface area contributed by atoms with E-state index in [0.29, 0.717) is 10.3 Å². The molecular weight excluding hydrogens is 344 g/mol. The lowest BCUT2D eigenvalue weighted by Crippen LogP contribution is -2.30. The molecule has 1 aromatic carbocycles. The van der Waals surface area contributed by atoms with Crippen molar-refractivity contribution >= 4 is 31.8 Å². The molecule has 20 heavy (non-hydrogen) atoms. The highest BCUT2D eigenvalue weighted by atomic mass is 79.9. The molecule has 1 aromatic heterocycles. The van der Waals surface area contributed by atoms with Crippen molar-refractivity contribution in [2.24, 2.45) is 0 Å². The average Bonchev–Trinajstić information content (AvgIpc) is 2.68. The molecular formula is C12H15BrN4O2S. The SMILES string of the molecule is CC(C)NS(=O)(=O)c1ccc(-n2cc(Br)c(N)n2)cc1. The minimum Gasteiger partial charge on any atom is -0.381 e. The Morgan fingerprint density at radius 2 is 1.90 bits per heavy atom. The topological polar surface area (TPSA) is 90.0 Å². The van der Waals surface area contributed by atoms with Crippen LogP contribution in [0, 0.1) is 0 Å². The summed E-state index contributed by atoms with van der Waals surface area (Å²) in [6, 6.07) is 6.26. The fraction of sp³-hybridized carbons (Fsp3) is 0.250. The van der Waals surface area contributed by atoms with Gasteiger partial charge in [-0.2, -0.15) is 0 Å². The Morgan fingerprint density at radius 3 is 2.35 bits per heavy atom. The highest BCUT2D eigenvalue weighted by molar-refractivity contribution is 9.10. The summed E-state index contributed by atoms with van der Waals surface area (Å²) in [7, 11) is -3.48. The highest BCUT2D eigenvalue weighted by Gasteiger charge is 2.15. The number of nitrogens with two attached hydrogens (primary N) is 1. The molecule has 108 valence electrons. The second kappa shape index (κ2) is 5.55. The maximum absolute atomic E-state index is 12.0. The van der Waals surface area contributed by atoms with Crippen LogP contribution in [0.25, 0.3) is 5.69 Å². The number of nitrogens with one attached hydrogen (secondary N) is 1. The van der Waals surface area contributed by atoms with Gasteiger partial charge in [-0.3, -0.25) is 0 Å². The van der Waals surface area contributed by atoms with Crippen molar-refractivity contribution in [2.45, 2.75) is 24.8 Å². The number of nitrogens with zero attached hydrogens (tertiary/aromatic N) is 2. The minimum atomic E-state index is -3.48. The second-order valence-electron chi connectivity index (χ2n) is 4.58. The first-order valence-corrected chi connectivity index (χ1v) is 8.20. The monoisotopic (exact) mass is 358 g/mol.